The largest absolute Gasteiger partial charge is 0.321 e. The van der Waals surface area contributed by atoms with Gasteiger partial charge in [-0.3, -0.25) is 4.79 Å². The molecule has 0 bridgehead atoms. The molecule has 0 saturated heterocycles. The average molecular weight is 451 g/mol. The number of fused-ring (bicyclic) bond motifs is 1. The minimum Gasteiger partial charge on any atom is -0.321 e. The molecule has 4 rings (SSSR count). The van der Waals surface area contributed by atoms with Gasteiger partial charge in [0.25, 0.3) is 26.0 Å². The zero-order valence-electron chi connectivity index (χ0n) is 14.8. The number of nitrogens with one attached hydrogen (secondary N) is 1. The van der Waals surface area contributed by atoms with Gasteiger partial charge in [0.2, 0.25) is 0 Å². The molecule has 2 aromatic carbocycles. The zero-order valence-corrected chi connectivity index (χ0v) is 16.4. The average Bonchev–Trinajstić information content (AvgIpc) is 2.85. The summed E-state index contributed by atoms with van der Waals surface area (Å²) in [6.45, 7) is 0. The summed E-state index contributed by atoms with van der Waals surface area (Å²) in [6, 6.07) is 10.5. The van der Waals surface area contributed by atoms with Gasteiger partial charge >= 0.3 is 0 Å². The maximum absolute atomic E-state index is 13.7. The van der Waals surface area contributed by atoms with Crippen LogP contribution in [0.1, 0.15) is 10.5 Å². The monoisotopic (exact) mass is 451 g/mol. The number of hydrogen-bond acceptors (Lipinski definition) is 6. The fraction of sp³-hybridized carbons (Fsp3) is 0. The summed E-state index contributed by atoms with van der Waals surface area (Å²) in [5, 5.41) is 2.31. The number of aromatic nitrogens is 1. The number of amides is 1. The van der Waals surface area contributed by atoms with E-state index >= 15 is 0 Å². The van der Waals surface area contributed by atoms with Gasteiger partial charge in [-0.2, -0.15) is 20.5 Å². The van der Waals surface area contributed by atoms with E-state index in [-0.39, 0.29) is 21.2 Å². The number of rotatable bonds is 3. The van der Waals surface area contributed by atoms with Crippen LogP contribution in [0, 0.1) is 11.6 Å². The van der Waals surface area contributed by atoms with Crippen LogP contribution < -0.4 is 9.03 Å². The number of halogens is 2. The minimum absolute atomic E-state index is 0.112. The summed E-state index contributed by atoms with van der Waals surface area (Å²) in [6.07, 6.45) is 0.682. The molecule has 30 heavy (non-hydrogen) atoms. The molecular formula is C18H11F2N3O5S2. The molecule has 3 aromatic rings. The molecule has 0 aliphatic carbocycles. The summed E-state index contributed by atoms with van der Waals surface area (Å²) in [4.78, 5) is 14.8. The summed E-state index contributed by atoms with van der Waals surface area (Å²) in [5.74, 6) is -3.06. The van der Waals surface area contributed by atoms with Gasteiger partial charge in [-0.15, -0.1) is 0 Å². The molecule has 12 heteroatoms. The summed E-state index contributed by atoms with van der Waals surface area (Å²) < 4.78 is 77.7. The number of carbonyl (C=O) groups is 1. The van der Waals surface area contributed by atoms with Crippen molar-refractivity contribution >= 4 is 37.3 Å². The molecule has 1 amide bonds. The normalized spacial score (nSPS) is 16.1. The number of anilines is 2. The Kier molecular flexibility index (Phi) is 4.55. The molecule has 0 radical (unpaired) electrons. The molecular weight excluding hydrogens is 440 g/mol. The van der Waals surface area contributed by atoms with E-state index in [9.17, 15) is 30.4 Å². The van der Waals surface area contributed by atoms with Crippen molar-refractivity contribution in [3.05, 3.63) is 78.1 Å². The van der Waals surface area contributed by atoms with Crippen molar-refractivity contribution in [2.24, 2.45) is 0 Å². The first-order chi connectivity index (χ1) is 14.1. The molecule has 0 atom stereocenters. The van der Waals surface area contributed by atoms with E-state index in [1.807, 2.05) is 0 Å². The zero-order chi connectivity index (χ0) is 21.7. The van der Waals surface area contributed by atoms with Crippen LogP contribution in [0.5, 0.6) is 0 Å². The standard InChI is InChI=1S/C18H11F2N3O5S2/c19-11-9-14(20)17(21-10-11)18(24)22-12-5-7-13(8-6-12)23-29(25,26)15-3-1-2-4-16(15)30(23,27)28/h1-10H,(H,22,24). The smallest absolute Gasteiger partial charge is 0.279 e. The predicted molar refractivity (Wildman–Crippen MR) is 102 cm³/mol. The van der Waals surface area contributed by atoms with Gasteiger partial charge in [0.15, 0.2) is 11.5 Å². The Morgan fingerprint density at radius 2 is 1.47 bits per heavy atom. The van der Waals surface area contributed by atoms with E-state index in [1.165, 1.54) is 48.5 Å². The molecule has 1 aromatic heterocycles. The topological polar surface area (TPSA) is 114 Å². The van der Waals surface area contributed by atoms with Crippen LogP contribution in [0.3, 0.4) is 0 Å². The number of benzene rings is 2. The fourth-order valence-corrected chi connectivity index (χ4v) is 7.35. The lowest BCUT2D eigenvalue weighted by molar-refractivity contribution is 0.101. The van der Waals surface area contributed by atoms with E-state index in [0.717, 1.165) is 0 Å². The first kappa shape index (κ1) is 19.9. The predicted octanol–water partition coefficient (Wildman–Crippen LogP) is 2.51. The lowest BCUT2D eigenvalue weighted by Gasteiger charge is -2.16. The highest BCUT2D eigenvalue weighted by atomic mass is 32.3. The molecule has 8 nitrogen and oxygen atoms in total. The third-order valence-corrected chi connectivity index (χ3v) is 8.63. The number of nitrogens with zero attached hydrogens (tertiary/aromatic N) is 2. The Labute approximate surface area is 169 Å². The Bertz CT molecular complexity index is 1340. The Morgan fingerprint density at radius 3 is 2.00 bits per heavy atom. The van der Waals surface area contributed by atoms with E-state index < -0.39 is 43.3 Å². The van der Waals surface area contributed by atoms with E-state index in [0.29, 0.717) is 16.0 Å². The molecule has 2 heterocycles. The highest BCUT2D eigenvalue weighted by Crippen LogP contribution is 2.40. The Morgan fingerprint density at radius 1 is 0.900 bits per heavy atom. The highest BCUT2D eigenvalue weighted by molar-refractivity contribution is 8.12. The number of hydrogen-bond donors (Lipinski definition) is 1. The van der Waals surface area contributed by atoms with Crippen molar-refractivity contribution in [2.75, 3.05) is 9.03 Å². The van der Waals surface area contributed by atoms with Crippen LogP contribution >= 0.6 is 0 Å². The lowest BCUT2D eigenvalue weighted by atomic mass is 10.2. The SMILES string of the molecule is O=C(Nc1ccc(N2S(=O)(=O)c3ccccc3S2(=O)=O)cc1)c1ncc(F)cc1F. The maximum atomic E-state index is 13.7. The van der Waals surface area contributed by atoms with Crippen LogP contribution in [0.4, 0.5) is 20.2 Å². The van der Waals surface area contributed by atoms with Crippen molar-refractivity contribution in [2.45, 2.75) is 9.79 Å². The van der Waals surface area contributed by atoms with Crippen LogP contribution in [-0.2, 0) is 20.0 Å². The van der Waals surface area contributed by atoms with Gasteiger partial charge in [-0.05, 0) is 36.4 Å². The Hall–Kier alpha value is -3.38. The third-order valence-electron chi connectivity index (χ3n) is 4.20. The number of carbonyl (C=O) groups excluding carboxylic acids is 1. The van der Waals surface area contributed by atoms with Crippen molar-refractivity contribution in [3.8, 4) is 0 Å². The second-order valence-electron chi connectivity index (χ2n) is 6.14. The van der Waals surface area contributed by atoms with Gasteiger partial charge in [-0.1, -0.05) is 12.1 Å². The molecule has 0 spiro atoms. The van der Waals surface area contributed by atoms with Crippen molar-refractivity contribution in [1.29, 1.82) is 0 Å². The van der Waals surface area contributed by atoms with E-state index in [1.54, 1.807) is 0 Å². The molecule has 1 aliphatic heterocycles. The minimum atomic E-state index is -4.33. The van der Waals surface area contributed by atoms with Crippen LogP contribution in [-0.4, -0.2) is 27.7 Å². The lowest BCUT2D eigenvalue weighted by Crippen LogP contribution is -2.30. The third kappa shape index (κ3) is 3.09. The Balaban J connectivity index is 1.64. The van der Waals surface area contributed by atoms with Crippen molar-refractivity contribution in [3.63, 3.8) is 0 Å². The van der Waals surface area contributed by atoms with Crippen molar-refractivity contribution in [1.82, 2.24) is 4.98 Å². The maximum Gasteiger partial charge on any atom is 0.279 e. The molecule has 0 saturated carbocycles. The van der Waals surface area contributed by atoms with Gasteiger partial charge in [0.05, 0.1) is 11.9 Å². The molecule has 154 valence electrons. The van der Waals surface area contributed by atoms with Crippen molar-refractivity contribution < 1.29 is 30.4 Å². The van der Waals surface area contributed by atoms with Gasteiger partial charge < -0.3 is 5.32 Å². The highest BCUT2D eigenvalue weighted by Gasteiger charge is 2.47. The van der Waals surface area contributed by atoms with Gasteiger partial charge in [-0.25, -0.2) is 13.8 Å². The molecule has 1 aliphatic rings. The number of pyridine rings is 1. The fourth-order valence-electron chi connectivity index (χ4n) is 2.90. The quantitative estimate of drug-likeness (QED) is 0.655. The summed E-state index contributed by atoms with van der Waals surface area (Å²) in [7, 11) is -8.67. The first-order valence-electron chi connectivity index (χ1n) is 8.24. The first-order valence-corrected chi connectivity index (χ1v) is 11.1. The van der Waals surface area contributed by atoms with E-state index in [2.05, 4.69) is 10.3 Å². The van der Waals surface area contributed by atoms with Crippen LogP contribution in [0.2, 0.25) is 0 Å². The second kappa shape index (κ2) is 6.85. The van der Waals surface area contributed by atoms with Gasteiger partial charge in [0, 0.05) is 11.8 Å². The summed E-state index contributed by atoms with van der Waals surface area (Å²) in [5.41, 5.74) is -0.698. The molecule has 0 fully saturated rings. The van der Waals surface area contributed by atoms with Crippen LogP contribution in [0.15, 0.2) is 70.6 Å². The number of sulfonamides is 2. The van der Waals surface area contributed by atoms with E-state index in [4.69, 9.17) is 0 Å². The molecule has 0 unspecified atom stereocenters. The summed E-state index contributed by atoms with van der Waals surface area (Å²) >= 11 is 0. The van der Waals surface area contributed by atoms with Crippen LogP contribution in [0.25, 0.3) is 0 Å². The molecule has 1 N–H and O–H groups in total. The van der Waals surface area contributed by atoms with Gasteiger partial charge in [0.1, 0.15) is 15.6 Å². The second-order valence-corrected chi connectivity index (χ2v) is 9.88.